The van der Waals surface area contributed by atoms with Crippen LogP contribution in [0.3, 0.4) is 0 Å². The highest BCUT2D eigenvalue weighted by atomic mass is 35.5. The van der Waals surface area contributed by atoms with E-state index in [-0.39, 0.29) is 37.2 Å². The third kappa shape index (κ3) is 6.42. The maximum Gasteiger partial charge on any atom is 0.142 e. The number of aromatic nitrogens is 3. The number of thiazole rings is 1. The molecule has 1 saturated heterocycles. The number of piperazine rings is 1. The molecule has 1 aliphatic heterocycles. The summed E-state index contributed by atoms with van der Waals surface area (Å²) in [5, 5.41) is 4.22. The number of nitrogens with one attached hydrogen (secondary N) is 1. The summed E-state index contributed by atoms with van der Waals surface area (Å²) in [4.78, 5) is 19.5. The SMILES string of the molecule is Cc1cnc(-c2cccc(Nc3ccc(N4CCN(C)CC4)cn3)n2)s1.Cl.Cl.Cl. The molecule has 0 atom stereocenters. The Labute approximate surface area is 194 Å². The van der Waals surface area contributed by atoms with Crippen molar-refractivity contribution in [2.75, 3.05) is 43.4 Å². The van der Waals surface area contributed by atoms with E-state index in [0.29, 0.717) is 0 Å². The van der Waals surface area contributed by atoms with Crippen molar-refractivity contribution in [2.24, 2.45) is 0 Å². The summed E-state index contributed by atoms with van der Waals surface area (Å²) < 4.78 is 0. The van der Waals surface area contributed by atoms with E-state index in [2.05, 4.69) is 50.1 Å². The highest BCUT2D eigenvalue weighted by Crippen LogP contribution is 2.25. The molecule has 0 unspecified atom stereocenters. The van der Waals surface area contributed by atoms with Crippen LogP contribution in [0.2, 0.25) is 0 Å². The zero-order valence-electron chi connectivity index (χ0n) is 16.2. The molecule has 29 heavy (non-hydrogen) atoms. The Morgan fingerprint density at radius 1 is 0.897 bits per heavy atom. The Bertz CT molecular complexity index is 882. The molecule has 1 fully saturated rings. The fourth-order valence-electron chi connectivity index (χ4n) is 2.94. The van der Waals surface area contributed by atoms with Crippen molar-refractivity contribution in [2.45, 2.75) is 6.92 Å². The molecular weight excluding hydrogens is 451 g/mol. The van der Waals surface area contributed by atoms with Gasteiger partial charge < -0.3 is 15.1 Å². The largest absolute Gasteiger partial charge is 0.368 e. The molecule has 4 heterocycles. The predicted octanol–water partition coefficient (Wildman–Crippen LogP) is 4.67. The summed E-state index contributed by atoms with van der Waals surface area (Å²) in [7, 11) is 2.16. The van der Waals surface area contributed by atoms with Crippen molar-refractivity contribution >= 4 is 65.9 Å². The number of hydrogen-bond donors (Lipinski definition) is 1. The lowest BCUT2D eigenvalue weighted by Gasteiger charge is -2.33. The molecule has 0 saturated carbocycles. The molecule has 0 aromatic carbocycles. The van der Waals surface area contributed by atoms with E-state index in [9.17, 15) is 0 Å². The molecule has 1 aliphatic rings. The maximum absolute atomic E-state index is 4.65. The van der Waals surface area contributed by atoms with Crippen LogP contribution in [0.5, 0.6) is 0 Å². The summed E-state index contributed by atoms with van der Waals surface area (Å²) >= 11 is 1.65. The Morgan fingerprint density at radius 3 is 2.28 bits per heavy atom. The van der Waals surface area contributed by atoms with E-state index < -0.39 is 0 Å². The first-order chi connectivity index (χ1) is 12.7. The number of likely N-dealkylation sites (N-methyl/N-ethyl adjacent to an activating group) is 1. The minimum absolute atomic E-state index is 0. The second-order valence-electron chi connectivity index (χ2n) is 6.50. The molecular formula is C19H25Cl3N6S. The van der Waals surface area contributed by atoms with E-state index in [0.717, 1.165) is 48.5 Å². The van der Waals surface area contributed by atoms with Crippen LogP contribution in [0, 0.1) is 6.92 Å². The standard InChI is InChI=1S/C19H22N6S.3ClH/c1-14-12-21-19(26-14)16-4-3-5-18(22-16)23-17-7-6-15(13-20-17)25-10-8-24(2)9-11-25;;;/h3-7,12-13H,8-11H2,1-2H3,(H,20,22,23);3*1H. The molecule has 0 bridgehead atoms. The van der Waals surface area contributed by atoms with Gasteiger partial charge in [0.2, 0.25) is 0 Å². The first kappa shape index (κ1) is 25.4. The molecule has 10 heteroatoms. The third-order valence-electron chi connectivity index (χ3n) is 4.46. The van der Waals surface area contributed by atoms with Gasteiger partial charge in [-0.25, -0.2) is 15.0 Å². The summed E-state index contributed by atoms with van der Waals surface area (Å²) in [6.45, 7) is 6.32. The number of anilines is 3. The summed E-state index contributed by atoms with van der Waals surface area (Å²) in [5.41, 5.74) is 2.05. The van der Waals surface area contributed by atoms with Crippen molar-refractivity contribution < 1.29 is 0 Å². The highest BCUT2D eigenvalue weighted by molar-refractivity contribution is 7.14. The molecule has 3 aromatic heterocycles. The fraction of sp³-hybridized carbons (Fsp3) is 0.316. The van der Waals surface area contributed by atoms with Gasteiger partial charge in [-0.15, -0.1) is 48.6 Å². The van der Waals surface area contributed by atoms with Crippen molar-refractivity contribution in [1.82, 2.24) is 19.9 Å². The molecule has 1 N–H and O–H groups in total. The molecule has 0 aliphatic carbocycles. The first-order valence-corrected chi connectivity index (χ1v) is 9.55. The molecule has 3 aromatic rings. The van der Waals surface area contributed by atoms with Crippen molar-refractivity contribution in [3.05, 3.63) is 47.6 Å². The van der Waals surface area contributed by atoms with Crippen LogP contribution < -0.4 is 10.2 Å². The van der Waals surface area contributed by atoms with Crippen molar-refractivity contribution in [3.8, 4) is 10.7 Å². The van der Waals surface area contributed by atoms with Gasteiger partial charge in [0, 0.05) is 37.3 Å². The van der Waals surface area contributed by atoms with Crippen LogP contribution in [-0.2, 0) is 0 Å². The molecule has 0 radical (unpaired) electrons. The van der Waals surface area contributed by atoms with Gasteiger partial charge in [0.05, 0.1) is 11.9 Å². The normalized spacial score (nSPS) is 13.7. The Hall–Kier alpha value is -1.64. The van der Waals surface area contributed by atoms with Crippen LogP contribution in [0.4, 0.5) is 17.3 Å². The van der Waals surface area contributed by atoms with Crippen molar-refractivity contribution in [3.63, 3.8) is 0 Å². The van der Waals surface area contributed by atoms with Crippen LogP contribution in [0.25, 0.3) is 10.7 Å². The lowest BCUT2D eigenvalue weighted by molar-refractivity contribution is 0.313. The quantitative estimate of drug-likeness (QED) is 0.592. The van der Waals surface area contributed by atoms with Crippen molar-refractivity contribution in [1.29, 1.82) is 0 Å². The number of halogens is 3. The highest BCUT2D eigenvalue weighted by Gasteiger charge is 2.14. The minimum atomic E-state index is 0. The number of hydrogen-bond acceptors (Lipinski definition) is 7. The average molecular weight is 476 g/mol. The van der Waals surface area contributed by atoms with Crippen LogP contribution in [0.15, 0.2) is 42.7 Å². The molecule has 158 valence electrons. The lowest BCUT2D eigenvalue weighted by Crippen LogP contribution is -2.44. The maximum atomic E-state index is 4.65. The van der Waals surface area contributed by atoms with Crippen LogP contribution in [0.1, 0.15) is 4.88 Å². The van der Waals surface area contributed by atoms with E-state index in [4.69, 9.17) is 0 Å². The fourth-order valence-corrected chi connectivity index (χ4v) is 3.67. The second-order valence-corrected chi connectivity index (χ2v) is 7.74. The van der Waals surface area contributed by atoms with E-state index >= 15 is 0 Å². The number of aryl methyl sites for hydroxylation is 1. The van der Waals surface area contributed by atoms with Gasteiger partial charge in [-0.2, -0.15) is 0 Å². The van der Waals surface area contributed by atoms with E-state index in [1.165, 1.54) is 10.6 Å². The first-order valence-electron chi connectivity index (χ1n) is 8.74. The van der Waals surface area contributed by atoms with Gasteiger partial charge in [-0.05, 0) is 38.2 Å². The lowest BCUT2D eigenvalue weighted by atomic mass is 10.3. The molecule has 4 rings (SSSR count). The number of nitrogens with zero attached hydrogens (tertiary/aromatic N) is 5. The predicted molar refractivity (Wildman–Crippen MR) is 129 cm³/mol. The van der Waals surface area contributed by atoms with Gasteiger partial charge in [-0.1, -0.05) is 6.07 Å². The summed E-state index contributed by atoms with van der Waals surface area (Å²) in [6.07, 6.45) is 3.81. The Morgan fingerprint density at radius 2 is 1.66 bits per heavy atom. The Balaban J connectivity index is 0.00000140. The molecule has 6 nitrogen and oxygen atoms in total. The van der Waals surface area contributed by atoms with Gasteiger partial charge >= 0.3 is 0 Å². The molecule has 0 spiro atoms. The van der Waals surface area contributed by atoms with Gasteiger partial charge in [0.1, 0.15) is 22.3 Å². The van der Waals surface area contributed by atoms with E-state index in [1.54, 1.807) is 11.3 Å². The smallest absolute Gasteiger partial charge is 0.142 e. The Kier molecular flexibility index (Phi) is 10.1. The monoisotopic (exact) mass is 474 g/mol. The number of rotatable bonds is 4. The van der Waals surface area contributed by atoms with Crippen LogP contribution >= 0.6 is 48.6 Å². The van der Waals surface area contributed by atoms with Gasteiger partial charge in [-0.3, -0.25) is 0 Å². The average Bonchev–Trinajstić information content (AvgIpc) is 3.10. The van der Waals surface area contributed by atoms with Gasteiger partial charge in [0.15, 0.2) is 0 Å². The van der Waals surface area contributed by atoms with Gasteiger partial charge in [0.25, 0.3) is 0 Å². The van der Waals surface area contributed by atoms with Crippen LogP contribution in [-0.4, -0.2) is 53.1 Å². The second kappa shape index (κ2) is 11.5. The zero-order valence-corrected chi connectivity index (χ0v) is 19.5. The topological polar surface area (TPSA) is 57.2 Å². The summed E-state index contributed by atoms with van der Waals surface area (Å²) in [5.74, 6) is 1.57. The summed E-state index contributed by atoms with van der Waals surface area (Å²) in [6, 6.07) is 10.0. The zero-order chi connectivity index (χ0) is 17.9. The van der Waals surface area contributed by atoms with E-state index in [1.807, 2.05) is 36.7 Å². The minimum Gasteiger partial charge on any atom is -0.368 e. The third-order valence-corrected chi connectivity index (χ3v) is 5.40. The molecule has 0 amide bonds. The number of pyridine rings is 2.